The number of ether oxygens (including phenoxy) is 1. The van der Waals surface area contributed by atoms with Crippen molar-refractivity contribution in [2.75, 3.05) is 6.61 Å². The maximum Gasteiger partial charge on any atom is 0.302 e. The zero-order chi connectivity index (χ0) is 14.6. The quantitative estimate of drug-likeness (QED) is 0.452. The van der Waals surface area contributed by atoms with Crippen LogP contribution in [0.2, 0.25) is 0 Å². The lowest BCUT2D eigenvalue weighted by atomic mass is 10.0. The van der Waals surface area contributed by atoms with Crippen molar-refractivity contribution >= 4 is 5.97 Å². The summed E-state index contributed by atoms with van der Waals surface area (Å²) >= 11 is 0. The highest BCUT2D eigenvalue weighted by atomic mass is 16.5. The van der Waals surface area contributed by atoms with Crippen LogP contribution in [0.15, 0.2) is 24.3 Å². The van der Waals surface area contributed by atoms with Crippen molar-refractivity contribution in [3.05, 3.63) is 35.4 Å². The molecule has 2 nitrogen and oxygen atoms in total. The molecule has 0 fully saturated rings. The Balaban J connectivity index is 1.90. The monoisotopic (exact) mass is 276 g/mol. The van der Waals surface area contributed by atoms with Crippen molar-refractivity contribution in [3.8, 4) is 0 Å². The topological polar surface area (TPSA) is 26.3 Å². The molecule has 0 radical (unpaired) electrons. The summed E-state index contributed by atoms with van der Waals surface area (Å²) < 4.78 is 4.91. The van der Waals surface area contributed by atoms with E-state index in [1.54, 1.807) is 0 Å². The SMILES string of the molecule is CC(=O)OCCCCCCCCCc1ccccc1C. The van der Waals surface area contributed by atoms with Gasteiger partial charge in [-0.05, 0) is 37.3 Å². The van der Waals surface area contributed by atoms with Gasteiger partial charge in [-0.2, -0.15) is 0 Å². The van der Waals surface area contributed by atoms with Gasteiger partial charge in [0.25, 0.3) is 0 Å². The van der Waals surface area contributed by atoms with E-state index < -0.39 is 0 Å². The highest BCUT2D eigenvalue weighted by molar-refractivity contribution is 5.65. The van der Waals surface area contributed by atoms with Crippen LogP contribution < -0.4 is 0 Å². The number of unbranched alkanes of at least 4 members (excludes halogenated alkanes) is 6. The summed E-state index contributed by atoms with van der Waals surface area (Å²) in [6.07, 6.45) is 9.86. The Morgan fingerprint density at radius 2 is 1.55 bits per heavy atom. The molecule has 0 unspecified atom stereocenters. The molecule has 0 N–H and O–H groups in total. The first-order valence-electron chi connectivity index (χ1n) is 7.88. The van der Waals surface area contributed by atoms with E-state index in [9.17, 15) is 4.79 Å². The van der Waals surface area contributed by atoms with Crippen LogP contribution in [0.25, 0.3) is 0 Å². The van der Waals surface area contributed by atoms with Crippen LogP contribution in [-0.2, 0) is 16.0 Å². The molecule has 0 aliphatic rings. The molecular formula is C18H28O2. The molecule has 1 aromatic carbocycles. The fourth-order valence-electron chi connectivity index (χ4n) is 2.41. The minimum atomic E-state index is -0.166. The van der Waals surface area contributed by atoms with Gasteiger partial charge in [0.05, 0.1) is 6.61 Å². The van der Waals surface area contributed by atoms with Crippen LogP contribution in [-0.4, -0.2) is 12.6 Å². The van der Waals surface area contributed by atoms with Crippen LogP contribution in [0.5, 0.6) is 0 Å². The van der Waals surface area contributed by atoms with Gasteiger partial charge in [0.2, 0.25) is 0 Å². The van der Waals surface area contributed by atoms with Crippen LogP contribution in [0.4, 0.5) is 0 Å². The lowest BCUT2D eigenvalue weighted by Gasteiger charge is -2.05. The van der Waals surface area contributed by atoms with Crippen LogP contribution in [0, 0.1) is 6.92 Å². The normalized spacial score (nSPS) is 10.5. The summed E-state index contributed by atoms with van der Waals surface area (Å²) in [4.78, 5) is 10.6. The van der Waals surface area contributed by atoms with Crippen molar-refractivity contribution in [2.24, 2.45) is 0 Å². The smallest absolute Gasteiger partial charge is 0.302 e. The average molecular weight is 276 g/mol. The Morgan fingerprint density at radius 1 is 0.950 bits per heavy atom. The molecule has 2 heteroatoms. The highest BCUT2D eigenvalue weighted by Crippen LogP contribution is 2.13. The van der Waals surface area contributed by atoms with Crippen molar-refractivity contribution in [3.63, 3.8) is 0 Å². The van der Waals surface area contributed by atoms with Gasteiger partial charge in [0, 0.05) is 6.92 Å². The predicted octanol–water partition coefficient (Wildman–Crippen LogP) is 4.83. The third-order valence-corrected chi connectivity index (χ3v) is 3.66. The maximum atomic E-state index is 10.6. The molecule has 0 aromatic heterocycles. The zero-order valence-electron chi connectivity index (χ0n) is 13.0. The Bertz CT molecular complexity index is 385. The molecule has 0 saturated heterocycles. The van der Waals surface area contributed by atoms with Gasteiger partial charge in [-0.25, -0.2) is 0 Å². The second kappa shape index (κ2) is 10.5. The molecule has 0 spiro atoms. The molecule has 0 aliphatic carbocycles. The number of rotatable bonds is 10. The second-order valence-electron chi connectivity index (χ2n) is 5.49. The molecule has 0 atom stereocenters. The van der Waals surface area contributed by atoms with Crippen molar-refractivity contribution in [2.45, 2.75) is 65.2 Å². The summed E-state index contributed by atoms with van der Waals surface area (Å²) in [6.45, 7) is 4.25. The van der Waals surface area contributed by atoms with Crippen LogP contribution in [0.3, 0.4) is 0 Å². The minimum Gasteiger partial charge on any atom is -0.466 e. The Labute approximate surface area is 123 Å². The van der Waals surface area contributed by atoms with E-state index in [1.165, 1.54) is 63.0 Å². The molecule has 20 heavy (non-hydrogen) atoms. The fraction of sp³-hybridized carbons (Fsp3) is 0.611. The lowest BCUT2D eigenvalue weighted by Crippen LogP contribution is -2.00. The van der Waals surface area contributed by atoms with E-state index >= 15 is 0 Å². The van der Waals surface area contributed by atoms with Crippen molar-refractivity contribution < 1.29 is 9.53 Å². The fourth-order valence-corrected chi connectivity index (χ4v) is 2.41. The largest absolute Gasteiger partial charge is 0.466 e. The van der Waals surface area contributed by atoms with E-state index in [2.05, 4.69) is 31.2 Å². The average Bonchev–Trinajstić information content (AvgIpc) is 2.42. The standard InChI is InChI=1S/C18H28O2/c1-16-12-9-10-14-18(16)13-8-6-4-3-5-7-11-15-20-17(2)19/h9-10,12,14H,3-8,11,13,15H2,1-2H3. The molecule has 0 heterocycles. The molecule has 0 aliphatic heterocycles. The summed E-state index contributed by atoms with van der Waals surface area (Å²) in [6, 6.07) is 8.67. The van der Waals surface area contributed by atoms with Crippen LogP contribution >= 0.6 is 0 Å². The number of benzene rings is 1. The summed E-state index contributed by atoms with van der Waals surface area (Å²) in [5, 5.41) is 0. The number of hydrogen-bond acceptors (Lipinski definition) is 2. The number of hydrogen-bond donors (Lipinski definition) is 0. The summed E-state index contributed by atoms with van der Waals surface area (Å²) in [5.74, 6) is -0.166. The van der Waals surface area contributed by atoms with E-state index in [0.29, 0.717) is 6.61 Å². The van der Waals surface area contributed by atoms with Gasteiger partial charge in [-0.15, -0.1) is 0 Å². The first kappa shape index (κ1) is 16.7. The summed E-state index contributed by atoms with van der Waals surface area (Å²) in [7, 11) is 0. The third-order valence-electron chi connectivity index (χ3n) is 3.66. The number of aryl methyl sites for hydroxylation is 2. The molecule has 0 bridgehead atoms. The van der Waals surface area contributed by atoms with Gasteiger partial charge in [-0.3, -0.25) is 4.79 Å². The molecule has 1 aromatic rings. The predicted molar refractivity (Wildman–Crippen MR) is 83.8 cm³/mol. The van der Waals surface area contributed by atoms with E-state index in [0.717, 1.165) is 6.42 Å². The Kier molecular flexibility index (Phi) is 8.77. The van der Waals surface area contributed by atoms with Crippen LogP contribution in [0.1, 0.15) is 63.0 Å². The van der Waals surface area contributed by atoms with Crippen molar-refractivity contribution in [1.29, 1.82) is 0 Å². The Hall–Kier alpha value is -1.31. The minimum absolute atomic E-state index is 0.166. The zero-order valence-corrected chi connectivity index (χ0v) is 13.0. The molecular weight excluding hydrogens is 248 g/mol. The van der Waals surface area contributed by atoms with Crippen molar-refractivity contribution in [1.82, 2.24) is 0 Å². The van der Waals surface area contributed by atoms with Gasteiger partial charge < -0.3 is 4.74 Å². The molecule has 0 saturated carbocycles. The molecule has 112 valence electrons. The second-order valence-corrected chi connectivity index (χ2v) is 5.49. The van der Waals surface area contributed by atoms with Gasteiger partial charge >= 0.3 is 5.97 Å². The number of carbonyl (C=O) groups excluding carboxylic acids is 1. The summed E-state index contributed by atoms with van der Waals surface area (Å²) in [5.41, 5.74) is 2.91. The first-order valence-corrected chi connectivity index (χ1v) is 7.88. The Morgan fingerprint density at radius 3 is 2.20 bits per heavy atom. The lowest BCUT2D eigenvalue weighted by molar-refractivity contribution is -0.141. The van der Waals surface area contributed by atoms with E-state index in [4.69, 9.17) is 4.74 Å². The number of esters is 1. The molecule has 0 amide bonds. The first-order chi connectivity index (χ1) is 9.70. The van der Waals surface area contributed by atoms with Gasteiger partial charge in [-0.1, -0.05) is 56.4 Å². The maximum absolute atomic E-state index is 10.6. The van der Waals surface area contributed by atoms with E-state index in [1.807, 2.05) is 0 Å². The number of carbonyl (C=O) groups is 1. The van der Waals surface area contributed by atoms with Gasteiger partial charge in [0.15, 0.2) is 0 Å². The third kappa shape index (κ3) is 7.98. The van der Waals surface area contributed by atoms with Gasteiger partial charge in [0.1, 0.15) is 0 Å². The van der Waals surface area contributed by atoms with E-state index in [-0.39, 0.29) is 5.97 Å². The molecule has 1 rings (SSSR count). The highest BCUT2D eigenvalue weighted by Gasteiger charge is 1.97.